The van der Waals surface area contributed by atoms with E-state index < -0.39 is 36.6 Å². The van der Waals surface area contributed by atoms with Gasteiger partial charge in [-0.2, -0.15) is 5.10 Å². The third kappa shape index (κ3) is 4.85. The average Bonchev–Trinajstić information content (AvgIpc) is 3.36. The van der Waals surface area contributed by atoms with Crippen LogP contribution in [0.25, 0.3) is 10.9 Å². The molecule has 12 heteroatoms. The summed E-state index contributed by atoms with van der Waals surface area (Å²) in [6.07, 6.45) is -3.35. The number of amides is 3. The van der Waals surface area contributed by atoms with E-state index in [0.29, 0.717) is 5.69 Å². The number of alkyl halides is 2. The lowest BCUT2D eigenvalue weighted by Crippen LogP contribution is -2.24. The molecule has 0 aliphatic carbocycles. The van der Waals surface area contributed by atoms with Crippen molar-refractivity contribution in [3.05, 3.63) is 81.8 Å². The zero-order chi connectivity index (χ0) is 28.0. The predicted molar refractivity (Wildman–Crippen MR) is 145 cm³/mol. The smallest absolute Gasteiger partial charge is 0.323 e. The molecule has 5 rings (SSSR count). The molecule has 0 fully saturated rings. The molecule has 0 saturated carbocycles. The van der Waals surface area contributed by atoms with E-state index in [1.807, 2.05) is 31.1 Å². The maximum Gasteiger partial charge on any atom is 0.323 e. The van der Waals surface area contributed by atoms with Gasteiger partial charge in [-0.15, -0.1) is 0 Å². The van der Waals surface area contributed by atoms with E-state index >= 15 is 0 Å². The summed E-state index contributed by atoms with van der Waals surface area (Å²) in [7, 11) is 5.15. The van der Waals surface area contributed by atoms with Gasteiger partial charge < -0.3 is 20.9 Å². The summed E-state index contributed by atoms with van der Waals surface area (Å²) < 4.78 is 43.5. The average molecular weight is 557 g/mol. The Morgan fingerprint density at radius 1 is 1.18 bits per heavy atom. The van der Waals surface area contributed by atoms with Crippen molar-refractivity contribution in [2.24, 2.45) is 7.05 Å². The fourth-order valence-electron chi connectivity index (χ4n) is 4.92. The third-order valence-electron chi connectivity index (χ3n) is 6.58. The van der Waals surface area contributed by atoms with E-state index in [0.717, 1.165) is 5.69 Å². The molecule has 3 amide bonds. The highest BCUT2D eigenvalue weighted by molar-refractivity contribution is 6.30. The summed E-state index contributed by atoms with van der Waals surface area (Å²) in [6, 6.07) is 10.8. The lowest BCUT2D eigenvalue weighted by atomic mass is 9.93. The van der Waals surface area contributed by atoms with Crippen LogP contribution in [0.1, 0.15) is 33.2 Å². The highest BCUT2D eigenvalue weighted by atomic mass is 35.5. The Kier molecular flexibility index (Phi) is 6.85. The normalized spacial score (nSPS) is 14.5. The maximum absolute atomic E-state index is 15.0. The van der Waals surface area contributed by atoms with Gasteiger partial charge in [0.25, 0.3) is 5.91 Å². The molecule has 202 valence electrons. The number of nitrogens with zero attached hydrogens (tertiary/aromatic N) is 3. The number of fused-ring (bicyclic) bond motifs is 2. The summed E-state index contributed by atoms with van der Waals surface area (Å²) in [6.45, 7) is 0. The molecule has 3 N–H and O–H groups in total. The number of carbonyl (C=O) groups is 2. The van der Waals surface area contributed by atoms with E-state index in [2.05, 4.69) is 21.0 Å². The van der Waals surface area contributed by atoms with Crippen LogP contribution in [0.5, 0.6) is 0 Å². The number of aryl methyl sites for hydroxylation is 1. The highest BCUT2D eigenvalue weighted by Gasteiger charge is 2.37. The summed E-state index contributed by atoms with van der Waals surface area (Å²) in [5, 5.41) is 13.1. The summed E-state index contributed by atoms with van der Waals surface area (Å²) in [4.78, 5) is 28.2. The molecule has 3 aromatic carbocycles. The molecule has 0 radical (unpaired) electrons. The number of para-hydroxylation sites is 2. The molecule has 0 spiro atoms. The van der Waals surface area contributed by atoms with E-state index in [1.165, 1.54) is 36.0 Å². The minimum absolute atomic E-state index is 0.0645. The standard InChI is InChI=1S/C27H24ClF3N6O2/c1-36(2)19-7-5-4-6-17(19)32-27(39)34-25-22-15(11-18-23(25)20(12-21(30)31)37(3)35-18)26(38)33-24(22)14-10-13(28)8-9-16(14)29/h4-11,21,24H,12H2,1-3H3,(H,33,38)(H2,32,34,39). The first kappa shape index (κ1) is 26.4. The monoisotopic (exact) mass is 556 g/mol. The molecule has 1 unspecified atom stereocenters. The van der Waals surface area contributed by atoms with Crippen LogP contribution < -0.4 is 20.9 Å². The highest BCUT2D eigenvalue weighted by Crippen LogP contribution is 2.43. The number of hydrogen-bond acceptors (Lipinski definition) is 4. The molecule has 1 aromatic heterocycles. The largest absolute Gasteiger partial charge is 0.376 e. The molecule has 1 aliphatic heterocycles. The molecule has 0 bridgehead atoms. The number of halogens is 4. The van der Waals surface area contributed by atoms with Crippen LogP contribution in [0, 0.1) is 5.82 Å². The molecule has 39 heavy (non-hydrogen) atoms. The van der Waals surface area contributed by atoms with Crippen molar-refractivity contribution in [1.82, 2.24) is 15.1 Å². The van der Waals surface area contributed by atoms with Gasteiger partial charge in [0, 0.05) is 48.2 Å². The third-order valence-corrected chi connectivity index (χ3v) is 6.82. The van der Waals surface area contributed by atoms with Gasteiger partial charge in [0.05, 0.1) is 40.7 Å². The first-order valence-corrected chi connectivity index (χ1v) is 12.3. The van der Waals surface area contributed by atoms with Crippen LogP contribution in [0.15, 0.2) is 48.5 Å². The van der Waals surface area contributed by atoms with Crippen molar-refractivity contribution in [3.8, 4) is 0 Å². The zero-order valence-electron chi connectivity index (χ0n) is 21.2. The van der Waals surface area contributed by atoms with Gasteiger partial charge in [-0.1, -0.05) is 23.7 Å². The molecule has 8 nitrogen and oxygen atoms in total. The molecular formula is C27H24ClF3N6O2. The first-order valence-electron chi connectivity index (χ1n) is 12.0. The molecule has 2 heterocycles. The number of benzene rings is 3. The number of nitrogens with one attached hydrogen (secondary N) is 3. The minimum atomic E-state index is -2.70. The number of anilines is 3. The second-order valence-electron chi connectivity index (χ2n) is 9.34. The second kappa shape index (κ2) is 10.1. The second-order valence-corrected chi connectivity index (χ2v) is 9.77. The van der Waals surface area contributed by atoms with Gasteiger partial charge >= 0.3 is 6.03 Å². The van der Waals surface area contributed by atoms with E-state index in [9.17, 15) is 22.8 Å². The van der Waals surface area contributed by atoms with Gasteiger partial charge in [0.15, 0.2) is 0 Å². The van der Waals surface area contributed by atoms with Crippen molar-refractivity contribution in [3.63, 3.8) is 0 Å². The SMILES string of the molecule is CN(C)c1ccccc1NC(=O)Nc1c2c(cc3nn(C)c(CC(F)F)c13)C(=O)NC2c1cc(Cl)ccc1F. The minimum Gasteiger partial charge on any atom is -0.376 e. The van der Waals surface area contributed by atoms with Crippen molar-refractivity contribution >= 4 is 51.5 Å². The van der Waals surface area contributed by atoms with Crippen LogP contribution >= 0.6 is 11.6 Å². The number of aromatic nitrogens is 2. The van der Waals surface area contributed by atoms with Crippen LogP contribution in [0.4, 0.5) is 35.0 Å². The van der Waals surface area contributed by atoms with Gasteiger partial charge in [-0.25, -0.2) is 18.0 Å². The Morgan fingerprint density at radius 3 is 2.64 bits per heavy atom. The van der Waals surface area contributed by atoms with Gasteiger partial charge in [0.2, 0.25) is 6.43 Å². The van der Waals surface area contributed by atoms with E-state index in [-0.39, 0.29) is 44.0 Å². The van der Waals surface area contributed by atoms with Gasteiger partial charge in [-0.05, 0) is 36.4 Å². The lowest BCUT2D eigenvalue weighted by Gasteiger charge is -2.21. The fraction of sp³-hybridized carbons (Fsp3) is 0.222. The Hall–Kier alpha value is -4.25. The van der Waals surface area contributed by atoms with Gasteiger partial charge in [0.1, 0.15) is 5.82 Å². The van der Waals surface area contributed by atoms with Gasteiger partial charge in [-0.3, -0.25) is 9.48 Å². The summed E-state index contributed by atoms with van der Waals surface area (Å²) in [5.74, 6) is -1.16. The first-order chi connectivity index (χ1) is 18.5. The van der Waals surface area contributed by atoms with Crippen LogP contribution in [-0.2, 0) is 13.5 Å². The van der Waals surface area contributed by atoms with Crippen LogP contribution in [0.2, 0.25) is 5.02 Å². The molecule has 1 aliphatic rings. The molecule has 4 aromatic rings. The number of urea groups is 1. The topological polar surface area (TPSA) is 91.3 Å². The van der Waals surface area contributed by atoms with Crippen LogP contribution in [-0.4, -0.2) is 42.2 Å². The van der Waals surface area contributed by atoms with Crippen LogP contribution in [0.3, 0.4) is 0 Å². The lowest BCUT2D eigenvalue weighted by molar-refractivity contribution is 0.0960. The number of hydrogen-bond donors (Lipinski definition) is 3. The fourth-order valence-corrected chi connectivity index (χ4v) is 5.10. The molecule has 0 saturated heterocycles. The molecule has 1 atom stereocenters. The number of carbonyl (C=O) groups excluding carboxylic acids is 2. The quantitative estimate of drug-likeness (QED) is 0.283. The Labute approximate surface area is 226 Å². The summed E-state index contributed by atoms with van der Waals surface area (Å²) >= 11 is 6.13. The van der Waals surface area contributed by atoms with E-state index in [1.54, 1.807) is 12.1 Å². The van der Waals surface area contributed by atoms with E-state index in [4.69, 9.17) is 11.6 Å². The van der Waals surface area contributed by atoms with Crippen molar-refractivity contribution in [1.29, 1.82) is 0 Å². The molecular weight excluding hydrogens is 533 g/mol. The Bertz CT molecular complexity index is 1620. The van der Waals surface area contributed by atoms with Crippen molar-refractivity contribution in [2.75, 3.05) is 29.6 Å². The predicted octanol–water partition coefficient (Wildman–Crippen LogP) is 5.72. The summed E-state index contributed by atoms with van der Waals surface area (Å²) in [5.41, 5.74) is 2.12. The van der Waals surface area contributed by atoms with Crippen molar-refractivity contribution in [2.45, 2.75) is 18.9 Å². The zero-order valence-corrected chi connectivity index (χ0v) is 21.9. The Balaban J connectivity index is 1.70. The van der Waals surface area contributed by atoms with Crippen molar-refractivity contribution < 1.29 is 22.8 Å². The number of rotatable bonds is 6. The maximum atomic E-state index is 15.0. The Morgan fingerprint density at radius 2 is 1.92 bits per heavy atom.